The van der Waals surface area contributed by atoms with Crippen LogP contribution in [0, 0.1) is 5.92 Å². The molecule has 0 saturated carbocycles. The number of ether oxygens (including phenoxy) is 1. The van der Waals surface area contributed by atoms with E-state index in [0.29, 0.717) is 12.5 Å². The van der Waals surface area contributed by atoms with Gasteiger partial charge in [-0.1, -0.05) is 35.0 Å². The summed E-state index contributed by atoms with van der Waals surface area (Å²) in [5.41, 5.74) is 1.20. The second kappa shape index (κ2) is 6.49. The molecule has 0 fully saturated rings. The Hall–Kier alpha value is 0.01000. The van der Waals surface area contributed by atoms with Crippen LogP contribution < -0.4 is 0 Å². The molecular weight excluding hydrogens is 260 g/mol. The summed E-state index contributed by atoms with van der Waals surface area (Å²) in [7, 11) is 0. The van der Waals surface area contributed by atoms with Crippen LogP contribution in [0.4, 0.5) is 0 Å². The van der Waals surface area contributed by atoms with Gasteiger partial charge in [-0.3, -0.25) is 0 Å². The van der Waals surface area contributed by atoms with Crippen molar-refractivity contribution < 1.29 is 4.74 Å². The van der Waals surface area contributed by atoms with Crippen LogP contribution in [0.3, 0.4) is 0 Å². The largest absolute Gasteiger partial charge is 0.376 e. The average Bonchev–Trinajstić information content (AvgIpc) is 2.17. The Labute approximate surface area is 99.4 Å². The van der Waals surface area contributed by atoms with Crippen LogP contribution in [-0.2, 0) is 11.3 Å². The van der Waals surface area contributed by atoms with Crippen LogP contribution >= 0.6 is 28.6 Å². The van der Waals surface area contributed by atoms with Gasteiger partial charge in [-0.05, 0) is 29.4 Å². The molecule has 0 bridgehead atoms. The number of rotatable bonds is 5. The zero-order chi connectivity index (χ0) is 10.4. The van der Waals surface area contributed by atoms with Gasteiger partial charge in [0, 0.05) is 4.47 Å². The van der Waals surface area contributed by atoms with Gasteiger partial charge >= 0.3 is 0 Å². The molecule has 1 unspecified atom stereocenters. The fraction of sp³-hybridized carbons (Fsp3) is 0.455. The SMILES string of the molecule is CC(CS)COCc1cccc(Br)c1. The van der Waals surface area contributed by atoms with Crippen molar-refractivity contribution in [2.75, 3.05) is 12.4 Å². The van der Waals surface area contributed by atoms with E-state index in [1.165, 1.54) is 5.56 Å². The van der Waals surface area contributed by atoms with E-state index >= 15 is 0 Å². The third-order valence-corrected chi connectivity index (χ3v) is 2.99. The molecule has 0 spiro atoms. The van der Waals surface area contributed by atoms with Crippen molar-refractivity contribution in [3.63, 3.8) is 0 Å². The second-order valence-corrected chi connectivity index (χ2v) is 4.71. The van der Waals surface area contributed by atoms with Gasteiger partial charge in [-0.15, -0.1) is 0 Å². The number of halogens is 1. The van der Waals surface area contributed by atoms with E-state index in [2.05, 4.69) is 47.6 Å². The maximum Gasteiger partial charge on any atom is 0.0717 e. The van der Waals surface area contributed by atoms with Crippen molar-refractivity contribution in [2.45, 2.75) is 13.5 Å². The van der Waals surface area contributed by atoms with Crippen molar-refractivity contribution in [1.29, 1.82) is 0 Å². The molecule has 0 aromatic heterocycles. The first kappa shape index (κ1) is 12.1. The van der Waals surface area contributed by atoms with Crippen LogP contribution in [0.15, 0.2) is 28.7 Å². The Bertz CT molecular complexity index is 278. The molecule has 78 valence electrons. The molecule has 0 heterocycles. The van der Waals surface area contributed by atoms with Crippen LogP contribution in [0.25, 0.3) is 0 Å². The lowest BCUT2D eigenvalue weighted by molar-refractivity contribution is 0.0983. The molecule has 0 radical (unpaired) electrons. The molecule has 0 saturated heterocycles. The summed E-state index contributed by atoms with van der Waals surface area (Å²) in [6.45, 7) is 3.58. The van der Waals surface area contributed by atoms with E-state index in [0.717, 1.165) is 16.8 Å². The van der Waals surface area contributed by atoms with Crippen molar-refractivity contribution in [1.82, 2.24) is 0 Å². The molecule has 1 nitrogen and oxygen atoms in total. The number of thiol groups is 1. The van der Waals surface area contributed by atoms with Gasteiger partial charge in [-0.2, -0.15) is 12.6 Å². The second-order valence-electron chi connectivity index (χ2n) is 3.43. The molecular formula is C11H15BrOS. The Morgan fingerprint density at radius 3 is 2.93 bits per heavy atom. The number of hydrogen-bond donors (Lipinski definition) is 1. The minimum atomic E-state index is 0.519. The van der Waals surface area contributed by atoms with E-state index in [1.807, 2.05) is 12.1 Å². The Morgan fingerprint density at radius 1 is 1.50 bits per heavy atom. The first-order valence-corrected chi connectivity index (χ1v) is 6.08. The first-order valence-electron chi connectivity index (χ1n) is 4.65. The monoisotopic (exact) mass is 274 g/mol. The van der Waals surface area contributed by atoms with Crippen molar-refractivity contribution in [3.05, 3.63) is 34.3 Å². The Morgan fingerprint density at radius 2 is 2.29 bits per heavy atom. The normalized spacial score (nSPS) is 12.8. The van der Waals surface area contributed by atoms with Crippen molar-refractivity contribution in [2.24, 2.45) is 5.92 Å². The summed E-state index contributed by atoms with van der Waals surface area (Å²) in [4.78, 5) is 0. The van der Waals surface area contributed by atoms with Crippen molar-refractivity contribution >= 4 is 28.6 Å². The molecule has 0 aliphatic carbocycles. The van der Waals surface area contributed by atoms with Crippen LogP contribution in [-0.4, -0.2) is 12.4 Å². The smallest absolute Gasteiger partial charge is 0.0717 e. The summed E-state index contributed by atoms with van der Waals surface area (Å²) in [5, 5.41) is 0. The molecule has 14 heavy (non-hydrogen) atoms. The third-order valence-electron chi connectivity index (χ3n) is 1.87. The summed E-state index contributed by atoms with van der Waals surface area (Å²) >= 11 is 7.63. The summed E-state index contributed by atoms with van der Waals surface area (Å²) in [6, 6.07) is 8.17. The lowest BCUT2D eigenvalue weighted by Gasteiger charge is -2.09. The van der Waals surface area contributed by atoms with Gasteiger partial charge in [0.2, 0.25) is 0 Å². The van der Waals surface area contributed by atoms with Crippen LogP contribution in [0.2, 0.25) is 0 Å². The summed E-state index contributed by atoms with van der Waals surface area (Å²) in [6.07, 6.45) is 0. The van der Waals surface area contributed by atoms with Gasteiger partial charge in [0.15, 0.2) is 0 Å². The van der Waals surface area contributed by atoms with Gasteiger partial charge in [0.05, 0.1) is 13.2 Å². The highest BCUT2D eigenvalue weighted by Gasteiger charge is 1.99. The van der Waals surface area contributed by atoms with Crippen LogP contribution in [0.1, 0.15) is 12.5 Å². The molecule has 0 amide bonds. The Balaban J connectivity index is 2.31. The average molecular weight is 275 g/mol. The fourth-order valence-corrected chi connectivity index (χ4v) is 1.61. The van der Waals surface area contributed by atoms with Gasteiger partial charge in [0.25, 0.3) is 0 Å². The molecule has 0 N–H and O–H groups in total. The highest BCUT2D eigenvalue weighted by Crippen LogP contribution is 2.12. The first-order chi connectivity index (χ1) is 6.72. The minimum absolute atomic E-state index is 0.519. The van der Waals surface area contributed by atoms with E-state index in [9.17, 15) is 0 Å². The quantitative estimate of drug-likeness (QED) is 0.809. The highest BCUT2D eigenvalue weighted by atomic mass is 79.9. The zero-order valence-corrected chi connectivity index (χ0v) is 10.7. The highest BCUT2D eigenvalue weighted by molar-refractivity contribution is 9.10. The molecule has 0 aliphatic heterocycles. The molecule has 1 atom stereocenters. The van der Waals surface area contributed by atoms with E-state index in [-0.39, 0.29) is 0 Å². The molecule has 3 heteroatoms. The molecule has 0 aliphatic rings. The topological polar surface area (TPSA) is 9.23 Å². The predicted octanol–water partition coefficient (Wildman–Crippen LogP) is 3.53. The van der Waals surface area contributed by atoms with Gasteiger partial charge in [-0.25, -0.2) is 0 Å². The fourth-order valence-electron chi connectivity index (χ4n) is 1.06. The van der Waals surface area contributed by atoms with Crippen molar-refractivity contribution in [3.8, 4) is 0 Å². The lowest BCUT2D eigenvalue weighted by atomic mass is 10.2. The molecule has 1 aromatic rings. The predicted molar refractivity (Wildman–Crippen MR) is 66.8 cm³/mol. The Kier molecular flexibility index (Phi) is 5.60. The van der Waals surface area contributed by atoms with E-state index in [1.54, 1.807) is 0 Å². The lowest BCUT2D eigenvalue weighted by Crippen LogP contribution is -2.07. The molecule has 1 aromatic carbocycles. The summed E-state index contributed by atoms with van der Waals surface area (Å²) in [5.74, 6) is 1.39. The number of benzene rings is 1. The third kappa shape index (κ3) is 4.49. The van der Waals surface area contributed by atoms with Crippen LogP contribution in [0.5, 0.6) is 0 Å². The maximum atomic E-state index is 5.56. The molecule has 1 rings (SSSR count). The van der Waals surface area contributed by atoms with Gasteiger partial charge < -0.3 is 4.74 Å². The maximum absolute atomic E-state index is 5.56. The minimum Gasteiger partial charge on any atom is -0.376 e. The van der Waals surface area contributed by atoms with E-state index < -0.39 is 0 Å². The summed E-state index contributed by atoms with van der Waals surface area (Å²) < 4.78 is 6.66. The standard InChI is InChI=1S/C11H15BrOS/c1-9(8-14)6-13-7-10-3-2-4-11(12)5-10/h2-5,9,14H,6-8H2,1H3. The van der Waals surface area contributed by atoms with E-state index in [4.69, 9.17) is 4.74 Å². The number of hydrogen-bond acceptors (Lipinski definition) is 2. The zero-order valence-electron chi connectivity index (χ0n) is 8.24. The van der Waals surface area contributed by atoms with Gasteiger partial charge in [0.1, 0.15) is 0 Å².